The molecule has 82 valence electrons. The monoisotopic (exact) mass is 198 g/mol. The maximum absolute atomic E-state index is 9.67. The van der Waals surface area contributed by atoms with E-state index in [-0.39, 0.29) is 6.23 Å². The van der Waals surface area contributed by atoms with Crippen LogP contribution in [0.3, 0.4) is 0 Å². The van der Waals surface area contributed by atoms with Crippen molar-refractivity contribution in [1.29, 1.82) is 0 Å². The first kappa shape index (κ1) is 11.7. The highest BCUT2D eigenvalue weighted by atomic mass is 16.3. The van der Waals surface area contributed by atoms with Crippen molar-refractivity contribution in [2.75, 3.05) is 13.1 Å². The van der Waals surface area contributed by atoms with Crippen molar-refractivity contribution in [1.82, 2.24) is 10.6 Å². The molecule has 0 aromatic rings. The van der Waals surface area contributed by atoms with Gasteiger partial charge in [0.1, 0.15) is 6.23 Å². The SMILES string of the molecule is CC(C)=CCC(O)NC1CCNCC1. The third-order valence-electron chi connectivity index (χ3n) is 2.52. The Morgan fingerprint density at radius 3 is 2.71 bits per heavy atom. The van der Waals surface area contributed by atoms with E-state index in [2.05, 4.69) is 30.6 Å². The van der Waals surface area contributed by atoms with Crippen molar-refractivity contribution in [2.45, 2.75) is 45.4 Å². The van der Waals surface area contributed by atoms with Gasteiger partial charge in [-0.15, -0.1) is 0 Å². The Morgan fingerprint density at radius 2 is 2.14 bits per heavy atom. The van der Waals surface area contributed by atoms with Crippen molar-refractivity contribution in [3.05, 3.63) is 11.6 Å². The molecule has 0 aliphatic carbocycles. The van der Waals surface area contributed by atoms with E-state index in [4.69, 9.17) is 0 Å². The van der Waals surface area contributed by atoms with Gasteiger partial charge in [-0.2, -0.15) is 0 Å². The van der Waals surface area contributed by atoms with E-state index in [0.29, 0.717) is 12.5 Å². The van der Waals surface area contributed by atoms with E-state index in [1.807, 2.05) is 0 Å². The zero-order valence-electron chi connectivity index (χ0n) is 9.21. The van der Waals surface area contributed by atoms with Crippen molar-refractivity contribution < 1.29 is 5.11 Å². The molecule has 3 heteroatoms. The summed E-state index contributed by atoms with van der Waals surface area (Å²) in [6, 6.07) is 0.483. The quantitative estimate of drug-likeness (QED) is 0.466. The summed E-state index contributed by atoms with van der Waals surface area (Å²) >= 11 is 0. The molecule has 0 aromatic carbocycles. The zero-order chi connectivity index (χ0) is 10.4. The number of aliphatic hydroxyl groups excluding tert-OH is 1. The van der Waals surface area contributed by atoms with Gasteiger partial charge in [0.25, 0.3) is 0 Å². The minimum absolute atomic E-state index is 0.381. The van der Waals surface area contributed by atoms with Crippen LogP contribution in [-0.2, 0) is 0 Å². The first-order valence-corrected chi connectivity index (χ1v) is 5.46. The van der Waals surface area contributed by atoms with Crippen LogP contribution in [0.5, 0.6) is 0 Å². The van der Waals surface area contributed by atoms with Gasteiger partial charge < -0.3 is 10.4 Å². The van der Waals surface area contributed by atoms with Crippen molar-refractivity contribution in [2.24, 2.45) is 0 Å². The lowest BCUT2D eigenvalue weighted by atomic mass is 10.1. The second kappa shape index (κ2) is 6.17. The molecule has 0 amide bonds. The van der Waals surface area contributed by atoms with E-state index >= 15 is 0 Å². The Morgan fingerprint density at radius 1 is 1.50 bits per heavy atom. The molecule has 0 bridgehead atoms. The van der Waals surface area contributed by atoms with Crippen LogP contribution in [0.2, 0.25) is 0 Å². The molecule has 1 aliphatic rings. The molecule has 0 spiro atoms. The third kappa shape index (κ3) is 4.74. The molecule has 0 radical (unpaired) electrons. The van der Waals surface area contributed by atoms with Crippen LogP contribution >= 0.6 is 0 Å². The maximum atomic E-state index is 9.67. The molecule has 1 fully saturated rings. The molecule has 1 aliphatic heterocycles. The Kier molecular flexibility index (Phi) is 5.15. The molecular formula is C11H22N2O. The van der Waals surface area contributed by atoms with Crippen LogP contribution in [0.15, 0.2) is 11.6 Å². The van der Waals surface area contributed by atoms with Crippen molar-refractivity contribution >= 4 is 0 Å². The van der Waals surface area contributed by atoms with Gasteiger partial charge in [0.2, 0.25) is 0 Å². The molecular weight excluding hydrogens is 176 g/mol. The molecule has 0 saturated carbocycles. The van der Waals surface area contributed by atoms with Gasteiger partial charge in [0.05, 0.1) is 0 Å². The zero-order valence-corrected chi connectivity index (χ0v) is 9.21. The van der Waals surface area contributed by atoms with E-state index in [9.17, 15) is 5.11 Å². The number of aliphatic hydroxyl groups is 1. The molecule has 1 heterocycles. The fourth-order valence-corrected chi connectivity index (χ4v) is 1.68. The first-order valence-electron chi connectivity index (χ1n) is 5.46. The van der Waals surface area contributed by atoms with Gasteiger partial charge >= 0.3 is 0 Å². The molecule has 0 aromatic heterocycles. The minimum Gasteiger partial charge on any atom is -0.378 e. The van der Waals surface area contributed by atoms with Gasteiger partial charge in [0, 0.05) is 12.5 Å². The fraction of sp³-hybridized carbons (Fsp3) is 0.818. The third-order valence-corrected chi connectivity index (χ3v) is 2.52. The summed E-state index contributed by atoms with van der Waals surface area (Å²) < 4.78 is 0. The van der Waals surface area contributed by atoms with E-state index in [1.165, 1.54) is 5.57 Å². The summed E-state index contributed by atoms with van der Waals surface area (Å²) in [7, 11) is 0. The predicted octanol–water partition coefficient (Wildman–Crippen LogP) is 1.00. The van der Waals surface area contributed by atoms with Crippen LogP contribution < -0.4 is 10.6 Å². The van der Waals surface area contributed by atoms with Gasteiger partial charge in [-0.25, -0.2) is 0 Å². The number of hydrogen-bond acceptors (Lipinski definition) is 3. The summed E-state index contributed by atoms with van der Waals surface area (Å²) in [5, 5.41) is 16.2. The lowest BCUT2D eigenvalue weighted by Gasteiger charge is -2.26. The van der Waals surface area contributed by atoms with Gasteiger partial charge in [-0.1, -0.05) is 11.6 Å². The molecule has 14 heavy (non-hydrogen) atoms. The molecule has 1 atom stereocenters. The summed E-state index contributed by atoms with van der Waals surface area (Å²) in [5.41, 5.74) is 1.26. The second-order valence-corrected chi connectivity index (χ2v) is 4.22. The standard InChI is InChI=1S/C11H22N2O/c1-9(2)3-4-11(14)13-10-5-7-12-8-6-10/h3,10-14H,4-8H2,1-2H3. The molecule has 1 saturated heterocycles. The fourth-order valence-electron chi connectivity index (χ4n) is 1.68. The highest BCUT2D eigenvalue weighted by Crippen LogP contribution is 2.04. The Hall–Kier alpha value is -0.380. The number of allylic oxidation sites excluding steroid dienone is 1. The van der Waals surface area contributed by atoms with Gasteiger partial charge in [-0.05, 0) is 39.8 Å². The minimum atomic E-state index is -0.381. The summed E-state index contributed by atoms with van der Waals surface area (Å²) in [4.78, 5) is 0. The summed E-state index contributed by atoms with van der Waals surface area (Å²) in [6.45, 7) is 6.23. The molecule has 1 unspecified atom stereocenters. The van der Waals surface area contributed by atoms with Crippen LogP contribution in [0.25, 0.3) is 0 Å². The smallest absolute Gasteiger partial charge is 0.108 e. The lowest BCUT2D eigenvalue weighted by molar-refractivity contribution is 0.117. The Bertz CT molecular complexity index is 182. The lowest BCUT2D eigenvalue weighted by Crippen LogP contribution is -2.44. The number of piperidine rings is 1. The topological polar surface area (TPSA) is 44.3 Å². The molecule has 3 nitrogen and oxygen atoms in total. The average molecular weight is 198 g/mol. The highest BCUT2D eigenvalue weighted by molar-refractivity contribution is 4.94. The van der Waals surface area contributed by atoms with Gasteiger partial charge in [-0.3, -0.25) is 5.32 Å². The number of hydrogen-bond donors (Lipinski definition) is 3. The normalized spacial score (nSPS) is 20.5. The second-order valence-electron chi connectivity index (χ2n) is 4.22. The number of rotatable bonds is 4. The van der Waals surface area contributed by atoms with Crippen molar-refractivity contribution in [3.8, 4) is 0 Å². The van der Waals surface area contributed by atoms with E-state index in [0.717, 1.165) is 25.9 Å². The van der Waals surface area contributed by atoms with Crippen molar-refractivity contribution in [3.63, 3.8) is 0 Å². The van der Waals surface area contributed by atoms with Crippen LogP contribution in [-0.4, -0.2) is 30.5 Å². The first-order chi connectivity index (χ1) is 6.68. The Labute approximate surface area is 86.6 Å². The van der Waals surface area contributed by atoms with E-state index in [1.54, 1.807) is 0 Å². The maximum Gasteiger partial charge on any atom is 0.108 e. The average Bonchev–Trinajstić information content (AvgIpc) is 2.16. The summed E-state index contributed by atoms with van der Waals surface area (Å²) in [5.74, 6) is 0. The molecule has 3 N–H and O–H groups in total. The van der Waals surface area contributed by atoms with Gasteiger partial charge in [0.15, 0.2) is 0 Å². The number of nitrogens with one attached hydrogen (secondary N) is 2. The van der Waals surface area contributed by atoms with Crippen LogP contribution in [0, 0.1) is 0 Å². The largest absolute Gasteiger partial charge is 0.378 e. The Balaban J connectivity index is 2.18. The van der Waals surface area contributed by atoms with E-state index < -0.39 is 0 Å². The highest BCUT2D eigenvalue weighted by Gasteiger charge is 2.14. The predicted molar refractivity (Wildman–Crippen MR) is 59.1 cm³/mol. The van der Waals surface area contributed by atoms with Crippen LogP contribution in [0.1, 0.15) is 33.1 Å². The molecule has 1 rings (SSSR count). The van der Waals surface area contributed by atoms with Crippen LogP contribution in [0.4, 0.5) is 0 Å². The summed E-state index contributed by atoms with van der Waals surface area (Å²) in [6.07, 6.45) is 4.64.